The molecule has 0 atom stereocenters. The summed E-state index contributed by atoms with van der Waals surface area (Å²) < 4.78 is 31.4. The highest BCUT2D eigenvalue weighted by molar-refractivity contribution is 5.38. The van der Waals surface area contributed by atoms with E-state index in [1.54, 1.807) is 6.07 Å². The fourth-order valence-corrected chi connectivity index (χ4v) is 1.96. The molecule has 0 spiro atoms. The molecule has 0 heterocycles. The summed E-state index contributed by atoms with van der Waals surface area (Å²) in [5.74, 6) is -1.73. The molecule has 2 rings (SSSR count). The van der Waals surface area contributed by atoms with Crippen molar-refractivity contribution in [2.75, 3.05) is 14.2 Å². The van der Waals surface area contributed by atoms with E-state index in [4.69, 9.17) is 4.74 Å². The van der Waals surface area contributed by atoms with Crippen LogP contribution in [0.25, 0.3) is 0 Å². The molecule has 4 heteroatoms. The molecule has 88 valence electrons. The number of benzene rings is 1. The molecule has 1 fully saturated rings. The van der Waals surface area contributed by atoms with E-state index >= 15 is 0 Å². The number of methoxy groups -OCH3 is 1. The zero-order chi connectivity index (χ0) is 11.8. The van der Waals surface area contributed by atoms with Crippen molar-refractivity contribution >= 4 is 0 Å². The van der Waals surface area contributed by atoms with Crippen LogP contribution in [0.15, 0.2) is 12.1 Å². The minimum Gasteiger partial charge on any atom is -0.493 e. The fourth-order valence-electron chi connectivity index (χ4n) is 1.96. The average molecular weight is 227 g/mol. The number of likely N-dealkylation sites (N-methyl/N-ethyl adjacent to an activating group) is 1. The Bertz CT molecular complexity index is 402. The molecule has 2 nitrogen and oxygen atoms in total. The van der Waals surface area contributed by atoms with Crippen molar-refractivity contribution in [2.24, 2.45) is 0 Å². The number of halogens is 2. The van der Waals surface area contributed by atoms with Crippen molar-refractivity contribution < 1.29 is 13.5 Å². The highest BCUT2D eigenvalue weighted by Gasteiger charge is 2.41. The van der Waals surface area contributed by atoms with E-state index < -0.39 is 11.6 Å². The van der Waals surface area contributed by atoms with Gasteiger partial charge in [0.1, 0.15) is 0 Å². The zero-order valence-corrected chi connectivity index (χ0v) is 9.44. The van der Waals surface area contributed by atoms with Crippen LogP contribution in [0.2, 0.25) is 0 Å². The number of hydrogen-bond donors (Lipinski definition) is 1. The monoisotopic (exact) mass is 227 g/mol. The van der Waals surface area contributed by atoms with E-state index in [1.807, 2.05) is 7.05 Å². The average Bonchev–Trinajstić information content (AvgIpc) is 3.05. The first kappa shape index (κ1) is 11.3. The molecule has 1 aromatic carbocycles. The van der Waals surface area contributed by atoms with Gasteiger partial charge in [-0.3, -0.25) is 0 Å². The second-order valence-electron chi connectivity index (χ2n) is 4.26. The number of nitrogens with one attached hydrogen (secondary N) is 1. The smallest absolute Gasteiger partial charge is 0.200 e. The molecule has 0 saturated heterocycles. The van der Waals surface area contributed by atoms with Crippen LogP contribution in [0.3, 0.4) is 0 Å². The number of hydrogen-bond acceptors (Lipinski definition) is 2. The maximum absolute atomic E-state index is 13.4. The normalized spacial score (nSPS) is 17.2. The summed E-state index contributed by atoms with van der Waals surface area (Å²) in [5.41, 5.74) is 0.769. The van der Waals surface area contributed by atoms with Crippen LogP contribution < -0.4 is 10.1 Å². The molecular weight excluding hydrogens is 212 g/mol. The quantitative estimate of drug-likeness (QED) is 0.852. The van der Waals surface area contributed by atoms with E-state index in [2.05, 4.69) is 5.32 Å². The Balaban J connectivity index is 2.30. The zero-order valence-electron chi connectivity index (χ0n) is 9.44. The minimum absolute atomic E-state index is 0.0292. The lowest BCUT2D eigenvalue weighted by atomic mass is 10.0. The summed E-state index contributed by atoms with van der Waals surface area (Å²) in [6.45, 7) is 0. The predicted octanol–water partition coefficient (Wildman–Crippen LogP) is 2.27. The lowest BCUT2D eigenvalue weighted by molar-refractivity contribution is 0.363. The van der Waals surface area contributed by atoms with Crippen LogP contribution in [-0.2, 0) is 6.42 Å². The fraction of sp³-hybridized carbons (Fsp3) is 0.500. The molecule has 1 saturated carbocycles. The summed E-state index contributed by atoms with van der Waals surface area (Å²) in [7, 11) is 3.25. The van der Waals surface area contributed by atoms with Gasteiger partial charge in [0.25, 0.3) is 0 Å². The van der Waals surface area contributed by atoms with Gasteiger partial charge in [0, 0.05) is 5.54 Å². The third-order valence-corrected chi connectivity index (χ3v) is 3.25. The second-order valence-corrected chi connectivity index (χ2v) is 4.26. The minimum atomic E-state index is -0.896. The lowest BCUT2D eigenvalue weighted by Gasteiger charge is -2.16. The largest absolute Gasteiger partial charge is 0.493 e. The SMILES string of the molecule is CNC1(Cc2ccc(F)c(F)c2OC)CC1. The number of ether oxygens (including phenoxy) is 1. The van der Waals surface area contributed by atoms with E-state index in [1.165, 1.54) is 7.11 Å². The molecule has 16 heavy (non-hydrogen) atoms. The maximum Gasteiger partial charge on any atom is 0.200 e. The molecular formula is C12H15F2NO. The summed E-state index contributed by atoms with van der Waals surface area (Å²) >= 11 is 0. The van der Waals surface area contributed by atoms with Gasteiger partial charge in [-0.2, -0.15) is 4.39 Å². The first-order valence-corrected chi connectivity index (χ1v) is 5.32. The maximum atomic E-state index is 13.4. The van der Waals surface area contributed by atoms with E-state index in [0.717, 1.165) is 18.9 Å². The highest BCUT2D eigenvalue weighted by atomic mass is 19.2. The van der Waals surface area contributed by atoms with Crippen LogP contribution in [0.5, 0.6) is 5.75 Å². The van der Waals surface area contributed by atoms with Gasteiger partial charge >= 0.3 is 0 Å². The van der Waals surface area contributed by atoms with Crippen molar-refractivity contribution in [3.05, 3.63) is 29.3 Å². The Morgan fingerprint density at radius 1 is 1.38 bits per heavy atom. The first-order chi connectivity index (χ1) is 7.62. The molecule has 1 aliphatic carbocycles. The topological polar surface area (TPSA) is 21.3 Å². The van der Waals surface area contributed by atoms with Crippen molar-refractivity contribution in [1.82, 2.24) is 5.32 Å². The summed E-state index contributed by atoms with van der Waals surface area (Å²) in [6, 6.07) is 2.74. The van der Waals surface area contributed by atoms with Crippen LogP contribution >= 0.6 is 0 Å². The molecule has 0 aliphatic heterocycles. The molecule has 1 N–H and O–H groups in total. The van der Waals surface area contributed by atoms with Crippen LogP contribution in [0, 0.1) is 11.6 Å². The lowest BCUT2D eigenvalue weighted by Crippen LogP contribution is -2.29. The van der Waals surface area contributed by atoms with Gasteiger partial charge < -0.3 is 10.1 Å². The van der Waals surface area contributed by atoms with E-state index in [0.29, 0.717) is 12.0 Å². The predicted molar refractivity (Wildman–Crippen MR) is 57.6 cm³/mol. The Hall–Kier alpha value is -1.16. The molecule has 0 bridgehead atoms. The molecule has 0 aromatic heterocycles. The molecule has 0 radical (unpaired) electrons. The van der Waals surface area contributed by atoms with Gasteiger partial charge in [0.05, 0.1) is 7.11 Å². The van der Waals surface area contributed by atoms with Gasteiger partial charge in [-0.1, -0.05) is 6.07 Å². The highest BCUT2D eigenvalue weighted by Crippen LogP contribution is 2.40. The second kappa shape index (κ2) is 4.01. The number of rotatable bonds is 4. The van der Waals surface area contributed by atoms with Gasteiger partial charge in [-0.25, -0.2) is 4.39 Å². The molecule has 1 aliphatic rings. The van der Waals surface area contributed by atoms with Crippen LogP contribution in [0.1, 0.15) is 18.4 Å². The van der Waals surface area contributed by atoms with Crippen LogP contribution in [0.4, 0.5) is 8.78 Å². The van der Waals surface area contributed by atoms with E-state index in [9.17, 15) is 8.78 Å². The summed E-state index contributed by atoms with van der Waals surface area (Å²) in [4.78, 5) is 0. The van der Waals surface area contributed by atoms with Crippen molar-refractivity contribution in [2.45, 2.75) is 24.8 Å². The van der Waals surface area contributed by atoms with Gasteiger partial charge in [0.2, 0.25) is 5.82 Å². The Kier molecular flexibility index (Phi) is 2.84. The standard InChI is InChI=1S/C12H15F2NO/c1-15-12(5-6-12)7-8-3-4-9(13)10(14)11(8)16-2/h3-4,15H,5-7H2,1-2H3. The van der Waals surface area contributed by atoms with E-state index in [-0.39, 0.29) is 11.3 Å². The third kappa shape index (κ3) is 1.89. The molecule has 1 aromatic rings. The van der Waals surface area contributed by atoms with Gasteiger partial charge in [0.15, 0.2) is 11.6 Å². The molecule has 0 amide bonds. The summed E-state index contributed by atoms with van der Waals surface area (Å²) in [6.07, 6.45) is 2.79. The Morgan fingerprint density at radius 2 is 2.06 bits per heavy atom. The van der Waals surface area contributed by atoms with Crippen molar-refractivity contribution in [3.63, 3.8) is 0 Å². The van der Waals surface area contributed by atoms with Gasteiger partial charge in [-0.05, 0) is 37.9 Å². The molecule has 0 unspecified atom stereocenters. The van der Waals surface area contributed by atoms with Crippen LogP contribution in [-0.4, -0.2) is 19.7 Å². The third-order valence-electron chi connectivity index (χ3n) is 3.25. The Labute approximate surface area is 93.6 Å². The summed E-state index contributed by atoms with van der Waals surface area (Å²) in [5, 5.41) is 3.21. The van der Waals surface area contributed by atoms with Crippen molar-refractivity contribution in [3.8, 4) is 5.75 Å². The van der Waals surface area contributed by atoms with Gasteiger partial charge in [-0.15, -0.1) is 0 Å². The Morgan fingerprint density at radius 3 is 2.56 bits per heavy atom. The van der Waals surface area contributed by atoms with Crippen molar-refractivity contribution in [1.29, 1.82) is 0 Å². The first-order valence-electron chi connectivity index (χ1n) is 5.32.